The molecule has 0 unspecified atom stereocenters. The standard InChI is InChI=1S/C15H16N2O5/c16-8-11-1-3-13(4-2-11)22-10-14(18)17-5-6-21-9-12(17)7-15(19)20/h1-4,12H,5-7,9-10H2,(H,19,20)/t12-/m1/s1. The van der Waals surface area contributed by atoms with Crippen LogP contribution in [0.1, 0.15) is 12.0 Å². The lowest BCUT2D eigenvalue weighted by Crippen LogP contribution is -2.51. The molecule has 1 heterocycles. The summed E-state index contributed by atoms with van der Waals surface area (Å²) < 4.78 is 10.6. The third kappa shape index (κ3) is 4.20. The van der Waals surface area contributed by atoms with Crippen LogP contribution in [0.15, 0.2) is 24.3 Å². The van der Waals surface area contributed by atoms with Crippen LogP contribution in [-0.4, -0.2) is 54.3 Å². The Kier molecular flexibility index (Phi) is 5.33. The molecule has 0 aromatic heterocycles. The topological polar surface area (TPSA) is 99.9 Å². The normalized spacial score (nSPS) is 17.6. The number of carbonyl (C=O) groups is 2. The summed E-state index contributed by atoms with van der Waals surface area (Å²) in [5, 5.41) is 17.6. The Morgan fingerprint density at radius 3 is 2.77 bits per heavy atom. The van der Waals surface area contributed by atoms with Gasteiger partial charge in [0.15, 0.2) is 6.61 Å². The van der Waals surface area contributed by atoms with Crippen molar-refractivity contribution in [1.82, 2.24) is 4.90 Å². The first kappa shape index (κ1) is 15.8. The van der Waals surface area contributed by atoms with E-state index in [4.69, 9.17) is 19.8 Å². The van der Waals surface area contributed by atoms with Crippen molar-refractivity contribution in [3.05, 3.63) is 29.8 Å². The zero-order chi connectivity index (χ0) is 15.9. The molecule has 2 rings (SSSR count). The SMILES string of the molecule is N#Cc1ccc(OCC(=O)N2CCOC[C@H]2CC(=O)O)cc1. The number of carboxylic acid groups (broad SMARTS) is 1. The van der Waals surface area contributed by atoms with Crippen LogP contribution < -0.4 is 4.74 Å². The van der Waals surface area contributed by atoms with E-state index >= 15 is 0 Å². The zero-order valence-corrected chi connectivity index (χ0v) is 11.9. The number of benzene rings is 1. The predicted molar refractivity (Wildman–Crippen MR) is 75.2 cm³/mol. The summed E-state index contributed by atoms with van der Waals surface area (Å²) in [6.45, 7) is 0.781. The molecule has 1 aliphatic heterocycles. The second-order valence-corrected chi connectivity index (χ2v) is 4.84. The molecule has 116 valence electrons. The average Bonchev–Trinajstić information content (AvgIpc) is 2.53. The second kappa shape index (κ2) is 7.43. The van der Waals surface area contributed by atoms with E-state index in [0.29, 0.717) is 24.5 Å². The minimum absolute atomic E-state index is 0.150. The molecule has 0 radical (unpaired) electrons. The Balaban J connectivity index is 1.91. The van der Waals surface area contributed by atoms with E-state index in [0.717, 1.165) is 0 Å². The van der Waals surface area contributed by atoms with Crippen LogP contribution in [0.4, 0.5) is 0 Å². The summed E-state index contributed by atoms with van der Waals surface area (Å²) in [5.41, 5.74) is 0.508. The number of carboxylic acids is 1. The second-order valence-electron chi connectivity index (χ2n) is 4.84. The van der Waals surface area contributed by atoms with Crippen molar-refractivity contribution in [3.63, 3.8) is 0 Å². The van der Waals surface area contributed by atoms with E-state index in [1.807, 2.05) is 6.07 Å². The third-order valence-electron chi connectivity index (χ3n) is 3.30. The Hall–Kier alpha value is -2.59. The number of amides is 1. The predicted octanol–water partition coefficient (Wildman–Crippen LogP) is 0.639. The molecule has 1 aromatic carbocycles. The van der Waals surface area contributed by atoms with Gasteiger partial charge in [-0.1, -0.05) is 0 Å². The molecule has 0 saturated carbocycles. The molecule has 0 aliphatic carbocycles. The number of aliphatic carboxylic acids is 1. The van der Waals surface area contributed by atoms with Crippen LogP contribution in [0.5, 0.6) is 5.75 Å². The monoisotopic (exact) mass is 304 g/mol. The average molecular weight is 304 g/mol. The van der Waals surface area contributed by atoms with Crippen molar-refractivity contribution >= 4 is 11.9 Å². The van der Waals surface area contributed by atoms with Gasteiger partial charge in [-0.15, -0.1) is 0 Å². The van der Waals surface area contributed by atoms with Crippen LogP contribution in [0, 0.1) is 11.3 Å². The van der Waals surface area contributed by atoms with Crippen molar-refractivity contribution in [1.29, 1.82) is 5.26 Å². The highest BCUT2D eigenvalue weighted by Gasteiger charge is 2.29. The molecule has 7 heteroatoms. The Morgan fingerprint density at radius 2 is 2.14 bits per heavy atom. The van der Waals surface area contributed by atoms with Gasteiger partial charge < -0.3 is 19.5 Å². The minimum atomic E-state index is -0.971. The summed E-state index contributed by atoms with van der Waals surface area (Å²) in [7, 11) is 0. The van der Waals surface area contributed by atoms with Gasteiger partial charge in [-0.25, -0.2) is 0 Å². The summed E-state index contributed by atoms with van der Waals surface area (Å²) in [4.78, 5) is 24.5. The number of nitrogens with zero attached hydrogens (tertiary/aromatic N) is 2. The highest BCUT2D eigenvalue weighted by Crippen LogP contribution is 2.14. The lowest BCUT2D eigenvalue weighted by molar-refractivity contribution is -0.147. The van der Waals surface area contributed by atoms with Gasteiger partial charge in [0.1, 0.15) is 5.75 Å². The molecule has 1 aromatic rings. The van der Waals surface area contributed by atoms with Gasteiger partial charge >= 0.3 is 5.97 Å². The van der Waals surface area contributed by atoms with Crippen LogP contribution in [0.25, 0.3) is 0 Å². The van der Waals surface area contributed by atoms with Gasteiger partial charge in [0.2, 0.25) is 0 Å². The maximum atomic E-state index is 12.2. The molecular formula is C15H16N2O5. The number of carbonyl (C=O) groups excluding carboxylic acids is 1. The minimum Gasteiger partial charge on any atom is -0.484 e. The highest BCUT2D eigenvalue weighted by molar-refractivity contribution is 5.79. The molecule has 0 bridgehead atoms. The van der Waals surface area contributed by atoms with E-state index in [9.17, 15) is 9.59 Å². The molecule has 7 nitrogen and oxygen atoms in total. The highest BCUT2D eigenvalue weighted by atomic mass is 16.5. The first-order chi connectivity index (χ1) is 10.6. The van der Waals surface area contributed by atoms with Crippen molar-refractivity contribution in [2.45, 2.75) is 12.5 Å². The van der Waals surface area contributed by atoms with Gasteiger partial charge in [-0.2, -0.15) is 5.26 Å². The summed E-state index contributed by atoms with van der Waals surface area (Å²) >= 11 is 0. The fraction of sp³-hybridized carbons (Fsp3) is 0.400. The molecule has 0 spiro atoms. The molecule has 1 saturated heterocycles. The van der Waals surface area contributed by atoms with Crippen molar-refractivity contribution in [2.75, 3.05) is 26.4 Å². The maximum Gasteiger partial charge on any atom is 0.305 e. The van der Waals surface area contributed by atoms with Crippen LogP contribution >= 0.6 is 0 Å². The Bertz CT molecular complexity index is 579. The number of nitriles is 1. The number of ether oxygens (including phenoxy) is 2. The van der Waals surface area contributed by atoms with Gasteiger partial charge in [0.05, 0.1) is 37.3 Å². The molecule has 1 fully saturated rings. The van der Waals surface area contributed by atoms with E-state index in [1.54, 1.807) is 24.3 Å². The molecular weight excluding hydrogens is 288 g/mol. The van der Waals surface area contributed by atoms with E-state index in [-0.39, 0.29) is 25.5 Å². The molecule has 22 heavy (non-hydrogen) atoms. The largest absolute Gasteiger partial charge is 0.484 e. The fourth-order valence-electron chi connectivity index (χ4n) is 2.21. The maximum absolute atomic E-state index is 12.2. The first-order valence-corrected chi connectivity index (χ1v) is 6.82. The van der Waals surface area contributed by atoms with Gasteiger partial charge in [-0.3, -0.25) is 9.59 Å². The quantitative estimate of drug-likeness (QED) is 0.857. The lowest BCUT2D eigenvalue weighted by atomic mass is 10.1. The smallest absolute Gasteiger partial charge is 0.305 e. The van der Waals surface area contributed by atoms with Crippen LogP contribution in [0.2, 0.25) is 0 Å². The van der Waals surface area contributed by atoms with Gasteiger partial charge in [0, 0.05) is 6.54 Å². The number of hydrogen-bond acceptors (Lipinski definition) is 5. The van der Waals surface area contributed by atoms with Gasteiger partial charge in [-0.05, 0) is 24.3 Å². The van der Waals surface area contributed by atoms with Crippen LogP contribution in [0.3, 0.4) is 0 Å². The number of morpholine rings is 1. The number of hydrogen-bond donors (Lipinski definition) is 1. The Morgan fingerprint density at radius 1 is 1.41 bits per heavy atom. The third-order valence-corrected chi connectivity index (χ3v) is 3.30. The van der Waals surface area contributed by atoms with Gasteiger partial charge in [0.25, 0.3) is 5.91 Å². The first-order valence-electron chi connectivity index (χ1n) is 6.82. The van der Waals surface area contributed by atoms with Crippen molar-refractivity contribution in [3.8, 4) is 11.8 Å². The Labute approximate surface area is 127 Å². The number of rotatable bonds is 5. The summed E-state index contributed by atoms with van der Waals surface area (Å²) in [5.74, 6) is -0.768. The fourth-order valence-corrected chi connectivity index (χ4v) is 2.21. The molecule has 1 aliphatic rings. The lowest BCUT2D eigenvalue weighted by Gasteiger charge is -2.34. The molecule has 1 amide bonds. The van der Waals surface area contributed by atoms with E-state index in [2.05, 4.69) is 0 Å². The van der Waals surface area contributed by atoms with Crippen molar-refractivity contribution in [2.24, 2.45) is 0 Å². The van der Waals surface area contributed by atoms with Crippen LogP contribution in [-0.2, 0) is 14.3 Å². The zero-order valence-electron chi connectivity index (χ0n) is 11.9. The van der Waals surface area contributed by atoms with E-state index < -0.39 is 12.0 Å². The molecule has 1 atom stereocenters. The van der Waals surface area contributed by atoms with Crippen molar-refractivity contribution < 1.29 is 24.2 Å². The summed E-state index contributed by atoms with van der Waals surface area (Å²) in [6.07, 6.45) is -0.150. The summed E-state index contributed by atoms with van der Waals surface area (Å²) in [6, 6.07) is 7.95. The molecule has 1 N–H and O–H groups in total. The van der Waals surface area contributed by atoms with E-state index in [1.165, 1.54) is 4.90 Å².